The van der Waals surface area contributed by atoms with Crippen molar-refractivity contribution in [2.75, 3.05) is 6.54 Å². The molecule has 0 unspecified atom stereocenters. The molecule has 17 heavy (non-hydrogen) atoms. The lowest BCUT2D eigenvalue weighted by Crippen LogP contribution is -2.30. The van der Waals surface area contributed by atoms with E-state index >= 15 is 0 Å². The Balaban J connectivity index is 2.70. The summed E-state index contributed by atoms with van der Waals surface area (Å²) in [6, 6.07) is 7.74. The summed E-state index contributed by atoms with van der Waals surface area (Å²) in [5.74, 6) is -0.467. The second kappa shape index (κ2) is 6.39. The first-order valence-electron chi connectivity index (χ1n) is 5.26. The molecule has 0 aliphatic rings. The van der Waals surface area contributed by atoms with Gasteiger partial charge in [-0.25, -0.2) is 0 Å². The maximum absolute atomic E-state index is 10.5. The normalized spacial score (nSPS) is 10.0. The number of carbonyl (C=O) groups is 1. The van der Waals surface area contributed by atoms with Crippen LogP contribution in [0.1, 0.15) is 18.9 Å². The third kappa shape index (κ3) is 4.56. The molecule has 1 aromatic carbocycles. The molecular formula is C12H15BrN2O2. The molecule has 5 heteroatoms. The van der Waals surface area contributed by atoms with E-state index in [-0.39, 0.29) is 6.42 Å². The number of hydrogen-bond donors (Lipinski definition) is 2. The number of benzene rings is 1. The molecule has 0 saturated carbocycles. The van der Waals surface area contributed by atoms with Crippen LogP contribution in [0.3, 0.4) is 0 Å². The highest BCUT2D eigenvalue weighted by atomic mass is 79.9. The van der Waals surface area contributed by atoms with Gasteiger partial charge in [-0.1, -0.05) is 34.1 Å². The molecule has 0 aliphatic heterocycles. The summed E-state index contributed by atoms with van der Waals surface area (Å²) in [5.41, 5.74) is 1.05. The number of halogens is 1. The predicted octanol–water partition coefficient (Wildman–Crippen LogP) is 2.72. The minimum absolute atomic E-state index is 0.0423. The third-order valence-electron chi connectivity index (χ3n) is 2.39. The lowest BCUT2D eigenvalue weighted by Gasteiger charge is -2.23. The summed E-state index contributed by atoms with van der Waals surface area (Å²) in [7, 11) is 0. The van der Waals surface area contributed by atoms with E-state index in [9.17, 15) is 4.79 Å². The molecule has 1 rings (SSSR count). The molecule has 0 heterocycles. The van der Waals surface area contributed by atoms with Gasteiger partial charge in [-0.05, 0) is 18.6 Å². The summed E-state index contributed by atoms with van der Waals surface area (Å²) >= 11 is 3.44. The average Bonchev–Trinajstić information content (AvgIpc) is 2.25. The van der Waals surface area contributed by atoms with Crippen LogP contribution < -0.4 is 0 Å². The van der Waals surface area contributed by atoms with Gasteiger partial charge >= 0.3 is 5.97 Å². The number of nitrogens with zero attached hydrogens (tertiary/aromatic N) is 1. The van der Waals surface area contributed by atoms with E-state index in [1.165, 1.54) is 0 Å². The summed E-state index contributed by atoms with van der Waals surface area (Å²) < 4.78 is 0.974. The summed E-state index contributed by atoms with van der Waals surface area (Å²) in [4.78, 5) is 12.3. The maximum atomic E-state index is 10.5. The number of rotatable bonds is 5. The lowest BCUT2D eigenvalue weighted by molar-refractivity contribution is -0.137. The van der Waals surface area contributed by atoms with Crippen LogP contribution in [0.5, 0.6) is 0 Å². The van der Waals surface area contributed by atoms with Gasteiger partial charge in [0.15, 0.2) is 0 Å². The molecular weight excluding hydrogens is 284 g/mol. The zero-order valence-corrected chi connectivity index (χ0v) is 11.2. The first-order valence-corrected chi connectivity index (χ1v) is 6.05. The van der Waals surface area contributed by atoms with E-state index in [0.717, 1.165) is 10.0 Å². The second-order valence-corrected chi connectivity index (χ2v) is 4.60. The number of amidine groups is 1. The Labute approximate surface area is 109 Å². The van der Waals surface area contributed by atoms with Crippen molar-refractivity contribution in [3.8, 4) is 0 Å². The highest BCUT2D eigenvalue weighted by molar-refractivity contribution is 9.10. The van der Waals surface area contributed by atoms with E-state index < -0.39 is 5.97 Å². The molecule has 0 spiro atoms. The zero-order chi connectivity index (χ0) is 12.8. The quantitative estimate of drug-likeness (QED) is 0.649. The smallest absolute Gasteiger partial charge is 0.305 e. The fraction of sp³-hybridized carbons (Fsp3) is 0.333. The van der Waals surface area contributed by atoms with Crippen LogP contribution in [0.2, 0.25) is 0 Å². The van der Waals surface area contributed by atoms with Gasteiger partial charge in [0.2, 0.25) is 0 Å². The van der Waals surface area contributed by atoms with Gasteiger partial charge in [0.05, 0.1) is 12.3 Å². The largest absolute Gasteiger partial charge is 0.481 e. The number of hydrogen-bond acceptors (Lipinski definition) is 2. The second-order valence-electron chi connectivity index (χ2n) is 3.74. The molecule has 0 aliphatic carbocycles. The average molecular weight is 299 g/mol. The molecule has 92 valence electrons. The van der Waals surface area contributed by atoms with Gasteiger partial charge in [-0.15, -0.1) is 0 Å². The number of carboxylic acids is 1. The van der Waals surface area contributed by atoms with Crippen molar-refractivity contribution in [3.63, 3.8) is 0 Å². The molecule has 4 nitrogen and oxygen atoms in total. The van der Waals surface area contributed by atoms with E-state index in [0.29, 0.717) is 18.9 Å². The first-order chi connectivity index (χ1) is 8.00. The van der Waals surface area contributed by atoms with Gasteiger partial charge in [-0.3, -0.25) is 10.2 Å². The highest BCUT2D eigenvalue weighted by Crippen LogP contribution is 2.18. The molecule has 0 saturated heterocycles. The SMILES string of the molecule is CC(=N)N(CCC(=O)O)Cc1ccccc1Br. The molecule has 0 radical (unpaired) electrons. The van der Waals surface area contributed by atoms with Crippen molar-refractivity contribution >= 4 is 27.7 Å². The summed E-state index contributed by atoms with van der Waals surface area (Å²) in [6.45, 7) is 2.56. The maximum Gasteiger partial charge on any atom is 0.305 e. The number of carboxylic acid groups (broad SMARTS) is 1. The third-order valence-corrected chi connectivity index (χ3v) is 3.16. The van der Waals surface area contributed by atoms with Crippen molar-refractivity contribution in [3.05, 3.63) is 34.3 Å². The molecule has 0 aromatic heterocycles. The Bertz CT molecular complexity index is 421. The van der Waals surface area contributed by atoms with Crippen LogP contribution in [-0.4, -0.2) is 28.4 Å². The molecule has 0 bridgehead atoms. The fourth-order valence-corrected chi connectivity index (χ4v) is 1.84. The Morgan fingerprint density at radius 2 is 2.12 bits per heavy atom. The van der Waals surface area contributed by atoms with Crippen molar-refractivity contribution in [2.24, 2.45) is 0 Å². The lowest BCUT2D eigenvalue weighted by atomic mass is 10.2. The van der Waals surface area contributed by atoms with Crippen molar-refractivity contribution < 1.29 is 9.90 Å². The van der Waals surface area contributed by atoms with E-state index in [2.05, 4.69) is 15.9 Å². The van der Waals surface area contributed by atoms with Crippen LogP contribution in [0.25, 0.3) is 0 Å². The topological polar surface area (TPSA) is 64.4 Å². The van der Waals surface area contributed by atoms with Crippen molar-refractivity contribution in [1.29, 1.82) is 5.41 Å². The Morgan fingerprint density at radius 1 is 1.47 bits per heavy atom. The van der Waals surface area contributed by atoms with Crippen LogP contribution >= 0.6 is 15.9 Å². The number of aliphatic carboxylic acids is 1. The van der Waals surface area contributed by atoms with Crippen LogP contribution in [0, 0.1) is 5.41 Å². The van der Waals surface area contributed by atoms with Crippen molar-refractivity contribution in [2.45, 2.75) is 19.9 Å². The van der Waals surface area contributed by atoms with Crippen molar-refractivity contribution in [1.82, 2.24) is 4.90 Å². The Kier molecular flexibility index (Phi) is 5.15. The summed E-state index contributed by atoms with van der Waals surface area (Å²) in [6.07, 6.45) is 0.0423. The predicted molar refractivity (Wildman–Crippen MR) is 70.2 cm³/mol. The van der Waals surface area contributed by atoms with E-state index in [1.807, 2.05) is 24.3 Å². The minimum atomic E-state index is -0.844. The van der Waals surface area contributed by atoms with E-state index in [4.69, 9.17) is 10.5 Å². The minimum Gasteiger partial charge on any atom is -0.481 e. The molecule has 1 aromatic rings. The monoisotopic (exact) mass is 298 g/mol. The Hall–Kier alpha value is -1.36. The van der Waals surface area contributed by atoms with Gasteiger partial charge < -0.3 is 10.0 Å². The van der Waals surface area contributed by atoms with Gasteiger partial charge in [-0.2, -0.15) is 0 Å². The fourth-order valence-electron chi connectivity index (χ4n) is 1.43. The highest BCUT2D eigenvalue weighted by Gasteiger charge is 2.10. The van der Waals surface area contributed by atoms with Gasteiger partial charge in [0, 0.05) is 17.6 Å². The summed E-state index contributed by atoms with van der Waals surface area (Å²) in [5, 5.41) is 16.3. The molecule has 0 amide bonds. The Morgan fingerprint density at radius 3 is 2.65 bits per heavy atom. The standard InChI is InChI=1S/C12H15BrN2O2/c1-9(14)15(7-6-12(16)17)8-10-4-2-3-5-11(10)13/h2-5,14H,6-8H2,1H3,(H,16,17). The molecule has 0 atom stereocenters. The first kappa shape index (κ1) is 13.7. The van der Waals surface area contributed by atoms with Crippen LogP contribution in [0.15, 0.2) is 28.7 Å². The zero-order valence-electron chi connectivity index (χ0n) is 9.61. The van der Waals surface area contributed by atoms with Crippen LogP contribution in [-0.2, 0) is 11.3 Å². The van der Waals surface area contributed by atoms with Gasteiger partial charge in [0.25, 0.3) is 0 Å². The number of nitrogens with one attached hydrogen (secondary N) is 1. The van der Waals surface area contributed by atoms with Gasteiger partial charge in [0.1, 0.15) is 0 Å². The van der Waals surface area contributed by atoms with Crippen LogP contribution in [0.4, 0.5) is 0 Å². The van der Waals surface area contributed by atoms with E-state index in [1.54, 1.807) is 11.8 Å². The molecule has 2 N–H and O–H groups in total. The molecule has 0 fully saturated rings.